The molecule has 0 aliphatic heterocycles. The number of hydrogen-bond acceptors (Lipinski definition) is 2. The fourth-order valence-corrected chi connectivity index (χ4v) is 4.04. The maximum atomic E-state index is 12.5. The van der Waals surface area contributed by atoms with Crippen LogP contribution in [0.2, 0.25) is 0 Å². The largest absolute Gasteiger partial charge is 0.325 e. The van der Waals surface area contributed by atoms with Crippen LogP contribution in [0.5, 0.6) is 0 Å². The lowest BCUT2D eigenvalue weighted by atomic mass is 9.67. The van der Waals surface area contributed by atoms with Crippen molar-refractivity contribution in [2.24, 2.45) is 17.8 Å². The van der Waals surface area contributed by atoms with Crippen molar-refractivity contribution in [3.05, 3.63) is 29.8 Å². The van der Waals surface area contributed by atoms with E-state index in [2.05, 4.69) is 11.4 Å². The van der Waals surface area contributed by atoms with E-state index >= 15 is 0 Å². The highest BCUT2D eigenvalue weighted by Gasteiger charge is 2.35. The number of anilines is 1. The van der Waals surface area contributed by atoms with E-state index in [0.29, 0.717) is 11.3 Å². The maximum Gasteiger partial charge on any atom is 0.227 e. The molecule has 1 aromatic carbocycles. The fourth-order valence-electron chi connectivity index (χ4n) is 4.04. The number of nitrogens with zero attached hydrogens (tertiary/aromatic N) is 1. The first kappa shape index (κ1) is 14.1. The van der Waals surface area contributed by atoms with Gasteiger partial charge in [-0.3, -0.25) is 4.79 Å². The molecule has 3 unspecified atom stereocenters. The third-order valence-corrected chi connectivity index (χ3v) is 5.22. The molecule has 3 atom stereocenters. The first-order chi connectivity index (χ1) is 10.3. The summed E-state index contributed by atoms with van der Waals surface area (Å²) in [7, 11) is 0. The summed E-state index contributed by atoms with van der Waals surface area (Å²) >= 11 is 0. The monoisotopic (exact) mass is 282 g/mol. The Morgan fingerprint density at radius 1 is 1.10 bits per heavy atom. The van der Waals surface area contributed by atoms with Gasteiger partial charge < -0.3 is 5.32 Å². The van der Waals surface area contributed by atoms with E-state index in [4.69, 9.17) is 5.26 Å². The average molecular weight is 282 g/mol. The van der Waals surface area contributed by atoms with Crippen LogP contribution in [-0.2, 0) is 4.79 Å². The minimum absolute atomic E-state index is 0.0988. The molecule has 1 amide bonds. The third kappa shape index (κ3) is 3.10. The van der Waals surface area contributed by atoms with E-state index in [-0.39, 0.29) is 11.8 Å². The summed E-state index contributed by atoms with van der Waals surface area (Å²) in [6.45, 7) is 0. The number of rotatable bonds is 2. The Morgan fingerprint density at radius 3 is 2.67 bits per heavy atom. The molecule has 2 fully saturated rings. The fraction of sp³-hybridized carbons (Fsp3) is 0.556. The number of benzene rings is 1. The Kier molecular flexibility index (Phi) is 4.24. The minimum Gasteiger partial charge on any atom is -0.325 e. The first-order valence-electron chi connectivity index (χ1n) is 8.08. The predicted octanol–water partition coefficient (Wildman–Crippen LogP) is 4.10. The number of fused-ring (bicyclic) bond motifs is 1. The van der Waals surface area contributed by atoms with Crippen molar-refractivity contribution in [2.75, 3.05) is 5.32 Å². The van der Waals surface area contributed by atoms with Crippen LogP contribution >= 0.6 is 0 Å². The minimum atomic E-state index is 0.0988. The SMILES string of the molecule is N#Cc1ccccc1NC(=O)C1CCC2CCCCC2C1. The van der Waals surface area contributed by atoms with E-state index < -0.39 is 0 Å². The van der Waals surface area contributed by atoms with E-state index in [1.807, 2.05) is 18.2 Å². The molecular weight excluding hydrogens is 260 g/mol. The number of carbonyl (C=O) groups excluding carboxylic acids is 1. The van der Waals surface area contributed by atoms with Crippen LogP contribution in [0.3, 0.4) is 0 Å². The molecule has 21 heavy (non-hydrogen) atoms. The van der Waals surface area contributed by atoms with Gasteiger partial charge in [-0.15, -0.1) is 0 Å². The topological polar surface area (TPSA) is 52.9 Å². The lowest BCUT2D eigenvalue weighted by molar-refractivity contribution is -0.122. The highest BCUT2D eigenvalue weighted by molar-refractivity contribution is 5.93. The molecule has 1 N–H and O–H groups in total. The molecule has 110 valence electrons. The van der Waals surface area contributed by atoms with Gasteiger partial charge in [-0.05, 0) is 43.2 Å². The number of carbonyl (C=O) groups is 1. The maximum absolute atomic E-state index is 12.5. The van der Waals surface area contributed by atoms with Crippen LogP contribution in [0, 0.1) is 29.1 Å². The smallest absolute Gasteiger partial charge is 0.227 e. The number of amides is 1. The molecule has 3 heteroatoms. The van der Waals surface area contributed by atoms with Crippen LogP contribution in [-0.4, -0.2) is 5.91 Å². The van der Waals surface area contributed by atoms with Gasteiger partial charge in [0.1, 0.15) is 6.07 Å². The van der Waals surface area contributed by atoms with Crippen molar-refractivity contribution in [1.82, 2.24) is 0 Å². The summed E-state index contributed by atoms with van der Waals surface area (Å²) in [6, 6.07) is 9.36. The van der Waals surface area contributed by atoms with Gasteiger partial charge in [-0.2, -0.15) is 5.26 Å². The normalized spacial score (nSPS) is 28.2. The van der Waals surface area contributed by atoms with Gasteiger partial charge in [0.25, 0.3) is 0 Å². The van der Waals surface area contributed by atoms with E-state index in [0.717, 1.165) is 24.7 Å². The lowest BCUT2D eigenvalue weighted by Gasteiger charge is -2.38. The Hall–Kier alpha value is -1.82. The molecule has 2 aliphatic rings. The number of para-hydroxylation sites is 1. The Morgan fingerprint density at radius 2 is 1.86 bits per heavy atom. The van der Waals surface area contributed by atoms with Crippen molar-refractivity contribution < 1.29 is 4.79 Å². The molecule has 2 saturated carbocycles. The second-order valence-corrected chi connectivity index (χ2v) is 6.46. The van der Waals surface area contributed by atoms with Crippen molar-refractivity contribution >= 4 is 11.6 Å². The highest BCUT2D eigenvalue weighted by Crippen LogP contribution is 2.42. The van der Waals surface area contributed by atoms with Crippen LogP contribution in [0.25, 0.3) is 0 Å². The second-order valence-electron chi connectivity index (χ2n) is 6.46. The first-order valence-corrected chi connectivity index (χ1v) is 8.08. The molecule has 0 bridgehead atoms. The molecule has 0 spiro atoms. The summed E-state index contributed by atoms with van der Waals surface area (Å²) < 4.78 is 0. The Labute approximate surface area is 126 Å². The van der Waals surface area contributed by atoms with Crippen molar-refractivity contribution in [1.29, 1.82) is 5.26 Å². The van der Waals surface area contributed by atoms with Gasteiger partial charge in [-0.25, -0.2) is 0 Å². The number of nitrogens with one attached hydrogen (secondary N) is 1. The van der Waals surface area contributed by atoms with E-state index in [9.17, 15) is 4.79 Å². The van der Waals surface area contributed by atoms with Gasteiger partial charge in [0.05, 0.1) is 11.3 Å². The average Bonchev–Trinajstić information content (AvgIpc) is 2.55. The van der Waals surface area contributed by atoms with Crippen LogP contribution < -0.4 is 5.32 Å². The summed E-state index contributed by atoms with van der Waals surface area (Å²) in [5.41, 5.74) is 1.19. The van der Waals surface area contributed by atoms with Crippen LogP contribution in [0.15, 0.2) is 24.3 Å². The molecule has 0 heterocycles. The summed E-state index contributed by atoms with van der Waals surface area (Å²) in [5.74, 6) is 1.82. The molecule has 1 aromatic rings. The van der Waals surface area contributed by atoms with Gasteiger partial charge in [0.15, 0.2) is 0 Å². The number of nitriles is 1. The Balaban J connectivity index is 1.64. The molecule has 0 radical (unpaired) electrons. The van der Waals surface area contributed by atoms with Crippen molar-refractivity contribution in [3.8, 4) is 6.07 Å². The molecular formula is C18H22N2O. The predicted molar refractivity (Wildman–Crippen MR) is 82.6 cm³/mol. The van der Waals surface area contributed by atoms with Gasteiger partial charge in [0.2, 0.25) is 5.91 Å². The second kappa shape index (κ2) is 6.30. The molecule has 3 nitrogen and oxygen atoms in total. The third-order valence-electron chi connectivity index (χ3n) is 5.22. The Bertz CT molecular complexity index is 561. The summed E-state index contributed by atoms with van der Waals surface area (Å²) in [6.07, 6.45) is 8.58. The van der Waals surface area contributed by atoms with Gasteiger partial charge in [0, 0.05) is 5.92 Å². The summed E-state index contributed by atoms with van der Waals surface area (Å²) in [4.78, 5) is 12.5. The molecule has 2 aliphatic carbocycles. The highest BCUT2D eigenvalue weighted by atomic mass is 16.1. The van der Waals surface area contributed by atoms with Crippen molar-refractivity contribution in [3.63, 3.8) is 0 Å². The molecule has 0 saturated heterocycles. The van der Waals surface area contributed by atoms with Gasteiger partial charge in [-0.1, -0.05) is 37.8 Å². The quantitative estimate of drug-likeness (QED) is 0.887. The van der Waals surface area contributed by atoms with Gasteiger partial charge >= 0.3 is 0 Å². The van der Waals surface area contributed by atoms with Crippen molar-refractivity contribution in [2.45, 2.75) is 44.9 Å². The molecule has 3 rings (SSSR count). The van der Waals surface area contributed by atoms with Crippen LogP contribution in [0.4, 0.5) is 5.69 Å². The lowest BCUT2D eigenvalue weighted by Crippen LogP contribution is -2.34. The zero-order valence-corrected chi connectivity index (χ0v) is 12.3. The van der Waals surface area contributed by atoms with E-state index in [1.165, 1.54) is 32.1 Å². The standard InChI is InChI=1S/C18H22N2O/c19-12-16-7-3-4-8-17(16)20-18(21)15-10-9-13-5-1-2-6-14(13)11-15/h3-4,7-8,13-15H,1-2,5-6,9-11H2,(H,20,21). The molecule has 0 aromatic heterocycles. The number of hydrogen-bond donors (Lipinski definition) is 1. The zero-order chi connectivity index (χ0) is 14.7. The zero-order valence-electron chi connectivity index (χ0n) is 12.3. The van der Waals surface area contributed by atoms with Crippen LogP contribution in [0.1, 0.15) is 50.5 Å². The summed E-state index contributed by atoms with van der Waals surface area (Å²) in [5, 5.41) is 12.1. The van der Waals surface area contributed by atoms with E-state index in [1.54, 1.807) is 6.07 Å².